The maximum Gasteiger partial charge on any atom is 0.323 e. The minimum Gasteiger partial charge on any atom is -0.308 e. The standard InChI is InChI=1S/C22H17ClN4O2/c1-14-24-20-8-3-2-7-19(20)21(28)27(14)18-11-9-16(10-12-18)25-22(29)26-17-6-4-5-15(23)13-17/h2-13H,1H3,(H2,25,26,29). The van der Waals surface area contributed by atoms with E-state index in [0.717, 1.165) is 0 Å². The van der Waals surface area contributed by atoms with Crippen LogP contribution in [0.5, 0.6) is 0 Å². The van der Waals surface area contributed by atoms with Crippen LogP contribution in [0.2, 0.25) is 5.02 Å². The summed E-state index contributed by atoms with van der Waals surface area (Å²) in [5.41, 5.74) is 2.39. The van der Waals surface area contributed by atoms with Crippen molar-refractivity contribution in [1.82, 2.24) is 9.55 Å². The van der Waals surface area contributed by atoms with Gasteiger partial charge in [-0.25, -0.2) is 9.78 Å². The normalized spacial score (nSPS) is 10.7. The molecule has 0 unspecified atom stereocenters. The molecule has 1 aromatic heterocycles. The van der Waals surface area contributed by atoms with Crippen molar-refractivity contribution < 1.29 is 4.79 Å². The zero-order valence-corrected chi connectivity index (χ0v) is 16.3. The van der Waals surface area contributed by atoms with Crippen LogP contribution in [0.15, 0.2) is 77.6 Å². The summed E-state index contributed by atoms with van der Waals surface area (Å²) in [6.07, 6.45) is 0. The molecule has 0 saturated heterocycles. The number of aryl methyl sites for hydroxylation is 1. The van der Waals surface area contributed by atoms with E-state index in [2.05, 4.69) is 15.6 Å². The molecule has 3 aromatic carbocycles. The van der Waals surface area contributed by atoms with Crippen LogP contribution in [-0.2, 0) is 0 Å². The van der Waals surface area contributed by atoms with Gasteiger partial charge < -0.3 is 10.6 Å². The average molecular weight is 405 g/mol. The van der Waals surface area contributed by atoms with E-state index in [1.165, 1.54) is 0 Å². The van der Waals surface area contributed by atoms with Gasteiger partial charge in [0.1, 0.15) is 5.82 Å². The molecule has 7 heteroatoms. The molecule has 6 nitrogen and oxygen atoms in total. The molecule has 0 aliphatic rings. The van der Waals surface area contributed by atoms with Crippen LogP contribution in [0.4, 0.5) is 16.2 Å². The van der Waals surface area contributed by atoms with Gasteiger partial charge in [0.2, 0.25) is 0 Å². The third kappa shape index (κ3) is 3.97. The fraction of sp³-hybridized carbons (Fsp3) is 0.0455. The van der Waals surface area contributed by atoms with Crippen molar-refractivity contribution in [2.45, 2.75) is 6.92 Å². The lowest BCUT2D eigenvalue weighted by Gasteiger charge is -2.12. The van der Waals surface area contributed by atoms with Gasteiger partial charge in [0.05, 0.1) is 16.6 Å². The Labute approximate surface area is 171 Å². The second-order valence-corrected chi connectivity index (χ2v) is 6.89. The summed E-state index contributed by atoms with van der Waals surface area (Å²) in [5, 5.41) is 6.56. The number of nitrogens with one attached hydrogen (secondary N) is 2. The molecule has 29 heavy (non-hydrogen) atoms. The van der Waals surface area contributed by atoms with Crippen molar-refractivity contribution in [3.63, 3.8) is 0 Å². The molecule has 1 heterocycles. The molecule has 2 amide bonds. The van der Waals surface area contributed by atoms with Gasteiger partial charge >= 0.3 is 6.03 Å². The third-order valence-corrected chi connectivity index (χ3v) is 4.64. The van der Waals surface area contributed by atoms with E-state index in [-0.39, 0.29) is 11.6 Å². The van der Waals surface area contributed by atoms with Crippen molar-refractivity contribution in [3.8, 4) is 5.69 Å². The fourth-order valence-corrected chi connectivity index (χ4v) is 3.29. The van der Waals surface area contributed by atoms with Crippen molar-refractivity contribution in [3.05, 3.63) is 94.0 Å². The Hall–Kier alpha value is -3.64. The number of carbonyl (C=O) groups is 1. The van der Waals surface area contributed by atoms with Crippen LogP contribution >= 0.6 is 11.6 Å². The SMILES string of the molecule is Cc1nc2ccccc2c(=O)n1-c1ccc(NC(=O)Nc2cccc(Cl)c2)cc1. The Morgan fingerprint density at radius 2 is 1.66 bits per heavy atom. The highest BCUT2D eigenvalue weighted by atomic mass is 35.5. The molecule has 2 N–H and O–H groups in total. The summed E-state index contributed by atoms with van der Waals surface area (Å²) in [4.78, 5) is 29.6. The number of fused-ring (bicyclic) bond motifs is 1. The Balaban J connectivity index is 1.56. The number of nitrogens with zero attached hydrogens (tertiary/aromatic N) is 2. The Bertz CT molecular complexity index is 1270. The van der Waals surface area contributed by atoms with Gasteiger partial charge in [-0.1, -0.05) is 29.8 Å². The summed E-state index contributed by atoms with van der Waals surface area (Å²) in [6.45, 7) is 1.79. The van der Waals surface area contributed by atoms with Gasteiger partial charge in [-0.2, -0.15) is 0 Å². The van der Waals surface area contributed by atoms with E-state index in [4.69, 9.17) is 11.6 Å². The van der Waals surface area contributed by atoms with E-state index in [1.807, 2.05) is 18.2 Å². The van der Waals surface area contributed by atoms with E-state index in [0.29, 0.717) is 38.8 Å². The van der Waals surface area contributed by atoms with Gasteiger partial charge in [0.15, 0.2) is 0 Å². The minimum atomic E-state index is -0.388. The molecule has 0 aliphatic carbocycles. The summed E-state index contributed by atoms with van der Waals surface area (Å²) in [5.74, 6) is 0.591. The summed E-state index contributed by atoms with van der Waals surface area (Å²) < 4.78 is 1.55. The number of benzene rings is 3. The molecule has 0 radical (unpaired) electrons. The topological polar surface area (TPSA) is 76.0 Å². The first-order valence-electron chi connectivity index (χ1n) is 8.94. The largest absolute Gasteiger partial charge is 0.323 e. The predicted octanol–water partition coefficient (Wildman–Crippen LogP) is 4.99. The van der Waals surface area contributed by atoms with Crippen molar-refractivity contribution >= 4 is 39.9 Å². The molecule has 4 rings (SSSR count). The quantitative estimate of drug-likeness (QED) is 0.505. The van der Waals surface area contributed by atoms with Crippen LogP contribution < -0.4 is 16.2 Å². The smallest absolute Gasteiger partial charge is 0.308 e. The lowest BCUT2D eigenvalue weighted by atomic mass is 10.2. The van der Waals surface area contributed by atoms with E-state index in [1.54, 1.807) is 66.1 Å². The first kappa shape index (κ1) is 18.7. The Kier molecular flexibility index (Phi) is 5.01. The average Bonchev–Trinajstić information content (AvgIpc) is 2.69. The van der Waals surface area contributed by atoms with Gasteiger partial charge in [0, 0.05) is 16.4 Å². The molecule has 0 atom stereocenters. The van der Waals surface area contributed by atoms with E-state index in [9.17, 15) is 9.59 Å². The van der Waals surface area contributed by atoms with Crippen LogP contribution in [-0.4, -0.2) is 15.6 Å². The number of halogens is 1. The Morgan fingerprint density at radius 1 is 0.931 bits per heavy atom. The number of amides is 2. The number of hydrogen-bond acceptors (Lipinski definition) is 3. The third-order valence-electron chi connectivity index (χ3n) is 4.41. The van der Waals surface area contributed by atoms with E-state index >= 15 is 0 Å². The monoisotopic (exact) mass is 404 g/mol. The highest BCUT2D eigenvalue weighted by Gasteiger charge is 2.10. The fourth-order valence-electron chi connectivity index (χ4n) is 3.10. The summed E-state index contributed by atoms with van der Waals surface area (Å²) >= 11 is 5.92. The van der Waals surface area contributed by atoms with Crippen LogP contribution in [0.25, 0.3) is 16.6 Å². The first-order chi connectivity index (χ1) is 14.0. The molecule has 4 aromatic rings. The van der Waals surface area contributed by atoms with Crippen molar-refractivity contribution in [2.75, 3.05) is 10.6 Å². The van der Waals surface area contributed by atoms with Crippen LogP contribution in [0, 0.1) is 6.92 Å². The Morgan fingerprint density at radius 3 is 2.41 bits per heavy atom. The van der Waals surface area contributed by atoms with E-state index < -0.39 is 0 Å². The van der Waals surface area contributed by atoms with Crippen LogP contribution in [0.3, 0.4) is 0 Å². The van der Waals surface area contributed by atoms with Crippen molar-refractivity contribution in [1.29, 1.82) is 0 Å². The maximum absolute atomic E-state index is 12.9. The number of para-hydroxylation sites is 1. The number of hydrogen-bond donors (Lipinski definition) is 2. The lowest BCUT2D eigenvalue weighted by Crippen LogP contribution is -2.22. The van der Waals surface area contributed by atoms with Crippen molar-refractivity contribution in [2.24, 2.45) is 0 Å². The highest BCUT2D eigenvalue weighted by Crippen LogP contribution is 2.17. The first-order valence-corrected chi connectivity index (χ1v) is 9.31. The highest BCUT2D eigenvalue weighted by molar-refractivity contribution is 6.30. The molecule has 144 valence electrons. The van der Waals surface area contributed by atoms with Gasteiger partial charge in [-0.3, -0.25) is 9.36 Å². The maximum atomic E-state index is 12.9. The number of aromatic nitrogens is 2. The zero-order chi connectivity index (χ0) is 20.4. The number of urea groups is 1. The van der Waals surface area contributed by atoms with Gasteiger partial charge in [-0.15, -0.1) is 0 Å². The predicted molar refractivity (Wildman–Crippen MR) is 116 cm³/mol. The molecular formula is C22H17ClN4O2. The number of rotatable bonds is 3. The molecule has 0 saturated carbocycles. The second kappa shape index (κ2) is 7.77. The molecule has 0 aliphatic heterocycles. The number of carbonyl (C=O) groups excluding carboxylic acids is 1. The lowest BCUT2D eigenvalue weighted by molar-refractivity contribution is 0.262. The zero-order valence-electron chi connectivity index (χ0n) is 15.5. The minimum absolute atomic E-state index is 0.132. The van der Waals surface area contributed by atoms with Gasteiger partial charge in [-0.05, 0) is 61.5 Å². The number of anilines is 2. The second-order valence-electron chi connectivity index (χ2n) is 6.45. The molecule has 0 spiro atoms. The van der Waals surface area contributed by atoms with Crippen LogP contribution in [0.1, 0.15) is 5.82 Å². The molecule has 0 fully saturated rings. The summed E-state index contributed by atoms with van der Waals surface area (Å²) in [6, 6.07) is 20.7. The van der Waals surface area contributed by atoms with Gasteiger partial charge in [0.25, 0.3) is 5.56 Å². The molecule has 0 bridgehead atoms. The molecular weight excluding hydrogens is 388 g/mol. The summed E-state index contributed by atoms with van der Waals surface area (Å²) in [7, 11) is 0.